The summed E-state index contributed by atoms with van der Waals surface area (Å²) < 4.78 is 30.4. The summed E-state index contributed by atoms with van der Waals surface area (Å²) in [5, 5.41) is 0.847. The van der Waals surface area contributed by atoms with Crippen LogP contribution in [0.2, 0.25) is 10.0 Å². The smallest absolute Gasteiger partial charge is 0.279 e. The molecule has 0 aliphatic rings. The molecule has 1 aromatic heterocycles. The van der Waals surface area contributed by atoms with E-state index in [1.165, 1.54) is 39.9 Å². The lowest BCUT2D eigenvalue weighted by Crippen LogP contribution is -2.30. The van der Waals surface area contributed by atoms with Gasteiger partial charge in [-0.15, -0.1) is 0 Å². The number of rotatable bonds is 6. The topological polar surface area (TPSA) is 71.7 Å². The number of anilines is 1. The van der Waals surface area contributed by atoms with Crippen LogP contribution in [0.25, 0.3) is 10.2 Å². The molecule has 3 aromatic carbocycles. The zero-order valence-electron chi connectivity index (χ0n) is 18.4. The maximum atomic E-state index is 13.2. The summed E-state index contributed by atoms with van der Waals surface area (Å²) in [4.78, 5) is 17.8. The second kappa shape index (κ2) is 9.92. The number of para-hydroxylation sites is 1. The average molecular weight is 534 g/mol. The predicted molar refractivity (Wildman–Crippen MR) is 138 cm³/mol. The van der Waals surface area contributed by atoms with Gasteiger partial charge >= 0.3 is 0 Å². The molecule has 176 valence electrons. The van der Waals surface area contributed by atoms with Crippen molar-refractivity contribution in [3.8, 4) is 0 Å². The number of fused-ring (bicyclic) bond motifs is 1. The Bertz CT molecular complexity index is 1530. The molecular formula is C24H21Cl2N3O3S2. The van der Waals surface area contributed by atoms with Crippen molar-refractivity contribution in [2.24, 2.45) is 4.99 Å². The third-order valence-corrected chi connectivity index (χ3v) is 9.02. The van der Waals surface area contributed by atoms with Gasteiger partial charge in [-0.3, -0.25) is 9.10 Å². The van der Waals surface area contributed by atoms with E-state index in [-0.39, 0.29) is 17.0 Å². The number of hydrogen-bond donors (Lipinski definition) is 0. The van der Waals surface area contributed by atoms with Crippen LogP contribution in [-0.4, -0.2) is 25.4 Å². The van der Waals surface area contributed by atoms with E-state index in [0.29, 0.717) is 27.1 Å². The van der Waals surface area contributed by atoms with Crippen molar-refractivity contribution in [1.29, 1.82) is 0 Å². The van der Waals surface area contributed by atoms with Crippen LogP contribution in [0.5, 0.6) is 0 Å². The Morgan fingerprint density at radius 2 is 1.68 bits per heavy atom. The summed E-state index contributed by atoms with van der Waals surface area (Å²) >= 11 is 13.9. The zero-order chi connectivity index (χ0) is 24.5. The van der Waals surface area contributed by atoms with Crippen LogP contribution < -0.4 is 9.11 Å². The number of carbonyl (C=O) groups is 1. The predicted octanol–water partition coefficient (Wildman–Crippen LogP) is 5.99. The lowest BCUT2D eigenvalue weighted by molar-refractivity contribution is 0.0997. The molecule has 0 radical (unpaired) electrons. The zero-order valence-corrected chi connectivity index (χ0v) is 21.5. The third-order valence-electron chi connectivity index (χ3n) is 5.27. The van der Waals surface area contributed by atoms with Crippen LogP contribution in [0.1, 0.15) is 24.2 Å². The van der Waals surface area contributed by atoms with Crippen LogP contribution in [-0.2, 0) is 16.6 Å². The monoisotopic (exact) mass is 533 g/mol. The number of sulfonamides is 1. The normalized spacial score (nSPS) is 12.3. The van der Waals surface area contributed by atoms with E-state index in [9.17, 15) is 13.2 Å². The van der Waals surface area contributed by atoms with Gasteiger partial charge < -0.3 is 4.57 Å². The maximum Gasteiger partial charge on any atom is 0.279 e. The van der Waals surface area contributed by atoms with Gasteiger partial charge in [-0.1, -0.05) is 52.7 Å². The van der Waals surface area contributed by atoms with Gasteiger partial charge in [0.1, 0.15) is 0 Å². The first-order chi connectivity index (χ1) is 16.3. The highest BCUT2D eigenvalue weighted by Gasteiger charge is 2.23. The number of halogens is 2. The molecule has 0 N–H and O–H groups in total. The molecule has 6 nitrogen and oxygen atoms in total. The number of benzene rings is 3. The molecule has 4 aromatic rings. The summed E-state index contributed by atoms with van der Waals surface area (Å²) in [7, 11) is -3.78. The fourth-order valence-corrected chi connectivity index (χ4v) is 6.67. The number of aromatic nitrogens is 1. The number of hydrogen-bond acceptors (Lipinski definition) is 4. The van der Waals surface area contributed by atoms with E-state index in [4.69, 9.17) is 23.2 Å². The van der Waals surface area contributed by atoms with Gasteiger partial charge in [-0.2, -0.15) is 4.99 Å². The number of amides is 1. The highest BCUT2D eigenvalue weighted by Crippen LogP contribution is 2.32. The summed E-state index contributed by atoms with van der Waals surface area (Å²) in [6.45, 7) is 4.53. The fourth-order valence-electron chi connectivity index (χ4n) is 3.62. The molecule has 1 amide bonds. The largest absolute Gasteiger partial charge is 0.315 e. The molecule has 10 heteroatoms. The van der Waals surface area contributed by atoms with Gasteiger partial charge in [0.15, 0.2) is 4.80 Å². The van der Waals surface area contributed by atoms with Crippen molar-refractivity contribution in [2.75, 3.05) is 10.8 Å². The van der Waals surface area contributed by atoms with Crippen molar-refractivity contribution in [3.05, 3.63) is 87.1 Å². The molecular weight excluding hydrogens is 513 g/mol. The molecule has 4 rings (SSSR count). The number of thiazole rings is 1. The molecule has 0 aliphatic carbocycles. The van der Waals surface area contributed by atoms with Gasteiger partial charge in [0.2, 0.25) is 0 Å². The Morgan fingerprint density at radius 1 is 1.00 bits per heavy atom. The first-order valence-electron chi connectivity index (χ1n) is 10.5. The van der Waals surface area contributed by atoms with E-state index in [2.05, 4.69) is 4.99 Å². The van der Waals surface area contributed by atoms with Gasteiger partial charge in [-0.05, 0) is 62.4 Å². The van der Waals surface area contributed by atoms with E-state index < -0.39 is 15.9 Å². The minimum Gasteiger partial charge on any atom is -0.315 e. The highest BCUT2D eigenvalue weighted by molar-refractivity contribution is 7.92. The lowest BCUT2D eigenvalue weighted by atomic mass is 10.2. The van der Waals surface area contributed by atoms with Gasteiger partial charge in [0.25, 0.3) is 15.9 Å². The number of carbonyl (C=O) groups excluding carboxylic acids is 1. The standard InChI is InChI=1S/C24H21Cl2N3O3S2/c1-3-28-22-20(15-14-19(25)21(22)26)33-24(28)27-23(30)16-10-12-18(13-11-16)34(31,32)29(4-2)17-8-6-5-7-9-17/h5-15H,3-4H2,1-2H3. The lowest BCUT2D eigenvalue weighted by Gasteiger charge is -2.22. The Kier molecular flexibility index (Phi) is 7.14. The van der Waals surface area contributed by atoms with Gasteiger partial charge in [0, 0.05) is 18.7 Å². The Labute approximate surface area is 211 Å². The SMILES string of the molecule is CCN(c1ccccc1)S(=O)(=O)c1ccc(C(=O)N=c2sc3ccc(Cl)c(Cl)c3n2CC)cc1. The minimum atomic E-state index is -3.78. The molecule has 0 aliphatic heterocycles. The van der Waals surface area contributed by atoms with Crippen molar-refractivity contribution >= 4 is 66.4 Å². The van der Waals surface area contributed by atoms with Crippen LogP contribution in [0.15, 0.2) is 76.6 Å². The molecule has 34 heavy (non-hydrogen) atoms. The Balaban J connectivity index is 1.68. The molecule has 0 saturated heterocycles. The van der Waals surface area contributed by atoms with E-state index >= 15 is 0 Å². The summed E-state index contributed by atoms with van der Waals surface area (Å²) in [5.41, 5.74) is 1.59. The van der Waals surface area contributed by atoms with E-state index in [1.807, 2.05) is 23.6 Å². The van der Waals surface area contributed by atoms with E-state index in [0.717, 1.165) is 10.2 Å². The van der Waals surface area contributed by atoms with Crippen molar-refractivity contribution in [1.82, 2.24) is 4.57 Å². The second-order valence-electron chi connectivity index (χ2n) is 7.28. The number of nitrogens with zero attached hydrogens (tertiary/aromatic N) is 3. The fraction of sp³-hybridized carbons (Fsp3) is 0.167. The minimum absolute atomic E-state index is 0.0988. The second-order valence-corrected chi connectivity index (χ2v) is 10.9. The van der Waals surface area contributed by atoms with Gasteiger partial charge in [-0.25, -0.2) is 8.42 Å². The van der Waals surface area contributed by atoms with Crippen LogP contribution in [0.3, 0.4) is 0 Å². The van der Waals surface area contributed by atoms with E-state index in [1.54, 1.807) is 37.3 Å². The maximum absolute atomic E-state index is 13.2. The quantitative estimate of drug-likeness (QED) is 0.305. The first-order valence-corrected chi connectivity index (χ1v) is 13.5. The Morgan fingerprint density at radius 3 is 2.29 bits per heavy atom. The molecule has 1 heterocycles. The van der Waals surface area contributed by atoms with Crippen LogP contribution in [0.4, 0.5) is 5.69 Å². The van der Waals surface area contributed by atoms with Crippen molar-refractivity contribution in [2.45, 2.75) is 25.3 Å². The van der Waals surface area contributed by atoms with Gasteiger partial charge in [0.05, 0.1) is 30.8 Å². The summed E-state index contributed by atoms with van der Waals surface area (Å²) in [6, 6.07) is 18.3. The summed E-state index contributed by atoms with van der Waals surface area (Å²) in [5.74, 6) is -0.477. The molecule has 0 atom stereocenters. The molecule has 0 spiro atoms. The molecule has 0 bridgehead atoms. The average Bonchev–Trinajstić information content (AvgIpc) is 3.20. The summed E-state index contributed by atoms with van der Waals surface area (Å²) in [6.07, 6.45) is 0. The van der Waals surface area contributed by atoms with Crippen molar-refractivity contribution in [3.63, 3.8) is 0 Å². The third kappa shape index (κ3) is 4.51. The molecule has 0 saturated carbocycles. The van der Waals surface area contributed by atoms with Crippen LogP contribution >= 0.6 is 34.5 Å². The van der Waals surface area contributed by atoms with Crippen molar-refractivity contribution < 1.29 is 13.2 Å². The molecule has 0 unspecified atom stereocenters. The Hall–Kier alpha value is -2.65. The first kappa shape index (κ1) is 24.5. The molecule has 0 fully saturated rings. The highest BCUT2D eigenvalue weighted by atomic mass is 35.5. The van der Waals surface area contributed by atoms with Crippen LogP contribution in [0, 0.1) is 0 Å². The number of aryl methyl sites for hydroxylation is 1.